The van der Waals surface area contributed by atoms with Crippen LogP contribution in [0.3, 0.4) is 0 Å². The van der Waals surface area contributed by atoms with Crippen LogP contribution in [0.4, 0.5) is 0 Å². The molecule has 0 aliphatic carbocycles. The van der Waals surface area contributed by atoms with E-state index in [2.05, 4.69) is 10.1 Å². The van der Waals surface area contributed by atoms with Crippen molar-refractivity contribution in [3.8, 4) is 0 Å². The summed E-state index contributed by atoms with van der Waals surface area (Å²) in [6, 6.07) is 1.36. The topological polar surface area (TPSA) is 76.5 Å². The lowest BCUT2D eigenvalue weighted by Crippen LogP contribution is -2.10. The van der Waals surface area contributed by atoms with Crippen molar-refractivity contribution in [1.82, 2.24) is 14.6 Å². The molecule has 0 radical (unpaired) electrons. The maximum Gasteiger partial charge on any atom is 0.341 e. The zero-order valence-corrected chi connectivity index (χ0v) is 8.98. The number of fused-ring (bicyclic) bond motifs is 1. The smallest absolute Gasteiger partial charge is 0.341 e. The maximum atomic E-state index is 11.5. The second-order valence-electron chi connectivity index (χ2n) is 3.31. The van der Waals surface area contributed by atoms with Crippen molar-refractivity contribution in [3.63, 3.8) is 0 Å². The van der Waals surface area contributed by atoms with Crippen LogP contribution in [0.2, 0.25) is 0 Å². The summed E-state index contributed by atoms with van der Waals surface area (Å²) in [5.41, 5.74) is 1.11. The van der Waals surface area contributed by atoms with Gasteiger partial charge in [-0.2, -0.15) is 0 Å². The van der Waals surface area contributed by atoms with Crippen LogP contribution in [-0.2, 0) is 4.74 Å². The fraction of sp³-hybridized carbons (Fsp3) is 0.300. The fourth-order valence-electron chi connectivity index (χ4n) is 1.44. The molecule has 6 nitrogen and oxygen atoms in total. The monoisotopic (exact) mass is 221 g/mol. The largest absolute Gasteiger partial charge is 0.462 e. The van der Waals surface area contributed by atoms with Crippen LogP contribution in [-0.4, -0.2) is 27.2 Å². The first-order valence-corrected chi connectivity index (χ1v) is 4.88. The van der Waals surface area contributed by atoms with Crippen LogP contribution in [0.5, 0.6) is 0 Å². The van der Waals surface area contributed by atoms with Gasteiger partial charge in [0, 0.05) is 12.3 Å². The van der Waals surface area contributed by atoms with Crippen molar-refractivity contribution < 1.29 is 9.53 Å². The summed E-state index contributed by atoms with van der Waals surface area (Å²) in [4.78, 5) is 26.8. The number of H-pyrrole nitrogens is 1. The molecule has 0 bridgehead atoms. The van der Waals surface area contributed by atoms with Crippen LogP contribution in [0.15, 0.2) is 17.1 Å². The summed E-state index contributed by atoms with van der Waals surface area (Å²) in [7, 11) is 0. The van der Waals surface area contributed by atoms with Gasteiger partial charge in [0.25, 0.3) is 5.56 Å². The molecule has 0 saturated carbocycles. The summed E-state index contributed by atoms with van der Waals surface area (Å²) in [6.45, 7) is 3.74. The normalized spacial score (nSPS) is 10.6. The van der Waals surface area contributed by atoms with Crippen molar-refractivity contribution in [2.45, 2.75) is 13.8 Å². The fourth-order valence-corrected chi connectivity index (χ4v) is 1.44. The van der Waals surface area contributed by atoms with Crippen LogP contribution >= 0.6 is 0 Å². The standard InChI is InChI=1S/C10H11N3O3/c1-3-16-10(15)7-5-13-8(11-6(7)2)4-9(14)12-13/h4-5H,3H2,1-2H3,(H,12,14). The van der Waals surface area contributed by atoms with Gasteiger partial charge in [-0.1, -0.05) is 0 Å². The van der Waals surface area contributed by atoms with Gasteiger partial charge in [-0.15, -0.1) is 0 Å². The summed E-state index contributed by atoms with van der Waals surface area (Å²) in [5, 5.41) is 2.51. The molecule has 0 fully saturated rings. The highest BCUT2D eigenvalue weighted by Crippen LogP contribution is 2.08. The minimum Gasteiger partial charge on any atom is -0.462 e. The Bertz CT molecular complexity index is 597. The predicted molar refractivity (Wildman–Crippen MR) is 56.5 cm³/mol. The zero-order valence-electron chi connectivity index (χ0n) is 8.98. The van der Waals surface area contributed by atoms with E-state index >= 15 is 0 Å². The number of carbonyl (C=O) groups is 1. The highest BCUT2D eigenvalue weighted by Gasteiger charge is 2.13. The number of aromatic amines is 1. The first-order valence-electron chi connectivity index (χ1n) is 4.88. The van der Waals surface area contributed by atoms with Crippen LogP contribution in [0.25, 0.3) is 5.65 Å². The van der Waals surface area contributed by atoms with E-state index in [4.69, 9.17) is 4.74 Å². The first kappa shape index (κ1) is 10.4. The molecule has 2 aromatic rings. The molecule has 0 aliphatic rings. The first-order chi connectivity index (χ1) is 7.61. The number of aromatic nitrogens is 3. The van der Waals surface area contributed by atoms with Gasteiger partial charge in [0.15, 0.2) is 5.65 Å². The van der Waals surface area contributed by atoms with Gasteiger partial charge >= 0.3 is 5.97 Å². The second kappa shape index (κ2) is 3.80. The molecule has 0 saturated heterocycles. The SMILES string of the molecule is CCOC(=O)c1cn2[nH]c(=O)cc2nc1C. The molecule has 84 valence electrons. The van der Waals surface area contributed by atoms with Gasteiger partial charge in [-0.25, -0.2) is 14.3 Å². The number of aryl methyl sites for hydroxylation is 1. The van der Waals surface area contributed by atoms with Crippen molar-refractivity contribution in [3.05, 3.63) is 33.9 Å². The number of nitrogens with zero attached hydrogens (tertiary/aromatic N) is 2. The van der Waals surface area contributed by atoms with E-state index in [1.807, 2.05) is 0 Å². The average molecular weight is 221 g/mol. The van der Waals surface area contributed by atoms with Gasteiger partial charge < -0.3 is 4.74 Å². The summed E-state index contributed by atoms with van der Waals surface area (Å²) in [5.74, 6) is -0.441. The van der Waals surface area contributed by atoms with Crippen LogP contribution in [0.1, 0.15) is 23.0 Å². The quantitative estimate of drug-likeness (QED) is 0.749. The van der Waals surface area contributed by atoms with Gasteiger partial charge in [0.2, 0.25) is 0 Å². The number of carbonyl (C=O) groups excluding carboxylic acids is 1. The second-order valence-corrected chi connectivity index (χ2v) is 3.31. The molecule has 0 spiro atoms. The predicted octanol–water partition coefficient (Wildman–Crippen LogP) is 0.508. The Morgan fingerprint density at radius 3 is 3.06 bits per heavy atom. The third-order valence-corrected chi connectivity index (χ3v) is 2.16. The molecule has 0 atom stereocenters. The van der Waals surface area contributed by atoms with E-state index in [0.717, 1.165) is 0 Å². The van der Waals surface area contributed by atoms with Crippen LogP contribution in [0, 0.1) is 6.92 Å². The van der Waals surface area contributed by atoms with Crippen molar-refractivity contribution >= 4 is 11.6 Å². The van der Waals surface area contributed by atoms with Gasteiger partial charge in [-0.3, -0.25) is 9.89 Å². The van der Waals surface area contributed by atoms with Crippen molar-refractivity contribution in [1.29, 1.82) is 0 Å². The number of hydrogen-bond acceptors (Lipinski definition) is 4. The maximum absolute atomic E-state index is 11.5. The summed E-state index contributed by atoms with van der Waals surface area (Å²) in [6.07, 6.45) is 1.51. The summed E-state index contributed by atoms with van der Waals surface area (Å²) >= 11 is 0. The Kier molecular flexibility index (Phi) is 2.47. The molecule has 2 aromatic heterocycles. The Balaban J connectivity index is 2.57. The van der Waals surface area contributed by atoms with Crippen LogP contribution < -0.4 is 5.56 Å². The number of nitrogens with one attached hydrogen (secondary N) is 1. The Morgan fingerprint density at radius 1 is 1.62 bits per heavy atom. The zero-order chi connectivity index (χ0) is 11.7. The highest BCUT2D eigenvalue weighted by atomic mass is 16.5. The van der Waals surface area contributed by atoms with E-state index in [9.17, 15) is 9.59 Å². The molecule has 2 heterocycles. The van der Waals surface area contributed by atoms with E-state index in [0.29, 0.717) is 23.5 Å². The van der Waals surface area contributed by atoms with Gasteiger partial charge in [-0.05, 0) is 13.8 Å². The molecule has 0 aliphatic heterocycles. The summed E-state index contributed by atoms with van der Waals surface area (Å²) < 4.78 is 6.28. The lowest BCUT2D eigenvalue weighted by molar-refractivity contribution is 0.0524. The number of hydrogen-bond donors (Lipinski definition) is 1. The van der Waals surface area contributed by atoms with E-state index in [1.165, 1.54) is 16.8 Å². The average Bonchev–Trinajstić information content (AvgIpc) is 2.56. The third-order valence-electron chi connectivity index (χ3n) is 2.16. The molecule has 2 rings (SSSR count). The molecule has 16 heavy (non-hydrogen) atoms. The molecular formula is C10H11N3O3. The minimum absolute atomic E-state index is 0.257. The Labute approximate surface area is 90.9 Å². The van der Waals surface area contributed by atoms with Gasteiger partial charge in [0.05, 0.1) is 17.9 Å². The molecule has 6 heteroatoms. The number of esters is 1. The lowest BCUT2D eigenvalue weighted by Gasteiger charge is -2.05. The molecular weight excluding hydrogens is 210 g/mol. The number of rotatable bonds is 2. The van der Waals surface area contributed by atoms with E-state index in [1.54, 1.807) is 13.8 Å². The van der Waals surface area contributed by atoms with E-state index < -0.39 is 5.97 Å². The minimum atomic E-state index is -0.441. The highest BCUT2D eigenvalue weighted by molar-refractivity contribution is 5.90. The number of ether oxygens (including phenoxy) is 1. The van der Waals surface area contributed by atoms with Crippen molar-refractivity contribution in [2.24, 2.45) is 0 Å². The Morgan fingerprint density at radius 2 is 2.38 bits per heavy atom. The molecule has 0 aromatic carbocycles. The van der Waals surface area contributed by atoms with E-state index in [-0.39, 0.29) is 5.56 Å². The van der Waals surface area contributed by atoms with Crippen molar-refractivity contribution in [2.75, 3.05) is 6.61 Å². The molecule has 0 amide bonds. The molecule has 0 unspecified atom stereocenters. The molecule has 1 N–H and O–H groups in total. The Hall–Kier alpha value is -2.11. The van der Waals surface area contributed by atoms with Gasteiger partial charge in [0.1, 0.15) is 0 Å². The third kappa shape index (κ3) is 1.69. The lowest BCUT2D eigenvalue weighted by atomic mass is 10.2.